The van der Waals surface area contributed by atoms with E-state index in [1.54, 1.807) is 0 Å². The lowest BCUT2D eigenvalue weighted by molar-refractivity contribution is 0.122. The number of aromatic amines is 1. The molecular formula is C20H25N7O. The first-order valence-electron chi connectivity index (χ1n) is 9.98. The Hall–Kier alpha value is -2.87. The first-order chi connectivity index (χ1) is 13.8. The molecule has 4 heterocycles. The highest BCUT2D eigenvalue weighted by Gasteiger charge is 2.19. The number of hydrogen-bond acceptors (Lipinski definition) is 7. The molecular weight excluding hydrogens is 354 g/mol. The summed E-state index contributed by atoms with van der Waals surface area (Å²) in [5.41, 5.74) is 8.75. The summed E-state index contributed by atoms with van der Waals surface area (Å²) in [5, 5.41) is 4.62. The summed E-state index contributed by atoms with van der Waals surface area (Å²) in [6.45, 7) is 3.01. The third-order valence-corrected chi connectivity index (χ3v) is 5.58. The Bertz CT molecular complexity index is 974. The van der Waals surface area contributed by atoms with Crippen LogP contribution in [0, 0.1) is 0 Å². The van der Waals surface area contributed by atoms with Gasteiger partial charge in [0.05, 0.1) is 18.9 Å². The van der Waals surface area contributed by atoms with Crippen LogP contribution in [0.4, 0.5) is 17.6 Å². The van der Waals surface area contributed by atoms with Crippen LogP contribution >= 0.6 is 0 Å². The van der Waals surface area contributed by atoms with E-state index in [1.807, 2.05) is 18.3 Å². The van der Waals surface area contributed by atoms with E-state index in [9.17, 15) is 0 Å². The van der Waals surface area contributed by atoms with Crippen LogP contribution in [0.5, 0.6) is 0 Å². The normalized spacial score (nSPS) is 18.1. The van der Waals surface area contributed by atoms with Crippen molar-refractivity contribution in [2.45, 2.75) is 31.7 Å². The van der Waals surface area contributed by atoms with Crippen LogP contribution in [0.25, 0.3) is 22.3 Å². The van der Waals surface area contributed by atoms with Gasteiger partial charge in [-0.25, -0.2) is 9.97 Å². The van der Waals surface area contributed by atoms with Crippen LogP contribution in [0.1, 0.15) is 25.7 Å². The summed E-state index contributed by atoms with van der Waals surface area (Å²) >= 11 is 0. The fourth-order valence-electron chi connectivity index (χ4n) is 4.15. The molecule has 0 atom stereocenters. The number of nitrogen functional groups attached to an aromatic ring is 1. The molecule has 1 aliphatic carbocycles. The minimum Gasteiger partial charge on any atom is -0.378 e. The van der Waals surface area contributed by atoms with E-state index in [1.165, 1.54) is 25.7 Å². The molecule has 0 bridgehead atoms. The third-order valence-electron chi connectivity index (χ3n) is 5.58. The molecule has 1 saturated carbocycles. The summed E-state index contributed by atoms with van der Waals surface area (Å²) in [6, 6.07) is 6.62. The molecule has 4 N–H and O–H groups in total. The molecule has 3 aromatic heterocycles. The summed E-state index contributed by atoms with van der Waals surface area (Å²) in [4.78, 5) is 19.2. The monoisotopic (exact) mass is 379 g/mol. The van der Waals surface area contributed by atoms with Crippen LogP contribution in [-0.2, 0) is 4.74 Å². The molecule has 5 rings (SSSR count). The van der Waals surface area contributed by atoms with Crippen LogP contribution in [0.3, 0.4) is 0 Å². The Morgan fingerprint density at radius 3 is 2.75 bits per heavy atom. The van der Waals surface area contributed by atoms with E-state index in [-0.39, 0.29) is 5.95 Å². The molecule has 8 nitrogen and oxygen atoms in total. The number of hydrogen-bond donors (Lipinski definition) is 3. The number of aromatic nitrogens is 4. The number of nitrogens with zero attached hydrogens (tertiary/aromatic N) is 4. The Kier molecular flexibility index (Phi) is 4.48. The first kappa shape index (κ1) is 17.2. The number of ether oxygens (including phenoxy) is 1. The number of fused-ring (bicyclic) bond motifs is 1. The molecule has 1 saturated heterocycles. The lowest BCUT2D eigenvalue weighted by atomic mass is 10.1. The van der Waals surface area contributed by atoms with Crippen LogP contribution in [0.2, 0.25) is 0 Å². The zero-order chi connectivity index (χ0) is 18.9. The van der Waals surface area contributed by atoms with Gasteiger partial charge in [-0.15, -0.1) is 0 Å². The second-order valence-corrected chi connectivity index (χ2v) is 7.49. The Morgan fingerprint density at radius 2 is 1.93 bits per heavy atom. The van der Waals surface area contributed by atoms with Gasteiger partial charge in [0.1, 0.15) is 17.3 Å². The largest absolute Gasteiger partial charge is 0.378 e. The molecule has 0 spiro atoms. The minimum atomic E-state index is 0.282. The molecule has 2 fully saturated rings. The molecule has 1 aliphatic heterocycles. The van der Waals surface area contributed by atoms with Crippen molar-refractivity contribution in [3.8, 4) is 11.3 Å². The summed E-state index contributed by atoms with van der Waals surface area (Å²) in [5.74, 6) is 2.00. The Labute approximate surface area is 163 Å². The van der Waals surface area contributed by atoms with Gasteiger partial charge in [0.2, 0.25) is 5.95 Å². The van der Waals surface area contributed by atoms with Crippen molar-refractivity contribution < 1.29 is 4.74 Å². The fraction of sp³-hybridized carbons (Fsp3) is 0.450. The fourth-order valence-corrected chi connectivity index (χ4v) is 4.15. The highest BCUT2D eigenvalue weighted by atomic mass is 16.5. The van der Waals surface area contributed by atoms with Crippen molar-refractivity contribution in [3.63, 3.8) is 0 Å². The van der Waals surface area contributed by atoms with E-state index >= 15 is 0 Å². The van der Waals surface area contributed by atoms with E-state index in [0.717, 1.165) is 47.0 Å². The smallest absolute Gasteiger partial charge is 0.222 e. The number of H-pyrrole nitrogens is 1. The maximum atomic E-state index is 6.07. The average molecular weight is 379 g/mol. The second kappa shape index (κ2) is 7.27. The van der Waals surface area contributed by atoms with Crippen molar-refractivity contribution in [1.29, 1.82) is 0 Å². The van der Waals surface area contributed by atoms with Crippen molar-refractivity contribution >= 4 is 28.6 Å². The van der Waals surface area contributed by atoms with Crippen molar-refractivity contribution in [3.05, 3.63) is 24.4 Å². The molecule has 146 valence electrons. The number of nitrogens with two attached hydrogens (primary N) is 1. The zero-order valence-electron chi connectivity index (χ0n) is 15.8. The molecule has 3 aromatic rings. The van der Waals surface area contributed by atoms with Gasteiger partial charge < -0.3 is 25.7 Å². The maximum Gasteiger partial charge on any atom is 0.222 e. The quantitative estimate of drug-likeness (QED) is 0.640. The SMILES string of the molecule is Nc1nc(-c2cc(NC3CCCC3)nc3[nH]ccc23)cc(N2CCOCC2)n1. The maximum absolute atomic E-state index is 6.07. The molecule has 0 unspecified atom stereocenters. The molecule has 0 radical (unpaired) electrons. The Morgan fingerprint density at radius 1 is 1.11 bits per heavy atom. The highest BCUT2D eigenvalue weighted by Crippen LogP contribution is 2.32. The van der Waals surface area contributed by atoms with Gasteiger partial charge >= 0.3 is 0 Å². The van der Waals surface area contributed by atoms with Crippen molar-refractivity contribution in [2.24, 2.45) is 0 Å². The number of pyridine rings is 1. The van der Waals surface area contributed by atoms with Crippen LogP contribution < -0.4 is 16.0 Å². The predicted molar refractivity (Wildman–Crippen MR) is 110 cm³/mol. The number of nitrogens with one attached hydrogen (secondary N) is 2. The van der Waals surface area contributed by atoms with Gasteiger partial charge in [-0.2, -0.15) is 4.98 Å². The van der Waals surface area contributed by atoms with Crippen LogP contribution in [0.15, 0.2) is 24.4 Å². The van der Waals surface area contributed by atoms with Crippen molar-refractivity contribution in [2.75, 3.05) is 42.3 Å². The molecule has 0 aromatic carbocycles. The zero-order valence-corrected chi connectivity index (χ0v) is 15.8. The minimum absolute atomic E-state index is 0.282. The number of rotatable bonds is 4. The lowest BCUT2D eigenvalue weighted by Gasteiger charge is -2.28. The van der Waals surface area contributed by atoms with Gasteiger partial charge in [0, 0.05) is 42.3 Å². The number of morpholine rings is 1. The third kappa shape index (κ3) is 3.35. The van der Waals surface area contributed by atoms with E-state index in [2.05, 4.69) is 31.2 Å². The molecule has 8 heteroatoms. The lowest BCUT2D eigenvalue weighted by Crippen LogP contribution is -2.36. The Balaban J connectivity index is 1.55. The van der Waals surface area contributed by atoms with E-state index in [0.29, 0.717) is 19.3 Å². The predicted octanol–water partition coefficient (Wildman–Crippen LogP) is 2.79. The van der Waals surface area contributed by atoms with Crippen LogP contribution in [-0.4, -0.2) is 52.3 Å². The molecule has 28 heavy (non-hydrogen) atoms. The van der Waals surface area contributed by atoms with Gasteiger partial charge in [-0.3, -0.25) is 0 Å². The molecule has 0 amide bonds. The topological polar surface area (TPSA) is 105 Å². The second-order valence-electron chi connectivity index (χ2n) is 7.49. The number of anilines is 3. The first-order valence-corrected chi connectivity index (χ1v) is 9.98. The van der Waals surface area contributed by atoms with Gasteiger partial charge in [0.25, 0.3) is 0 Å². The highest BCUT2D eigenvalue weighted by molar-refractivity contribution is 5.94. The standard InChI is InChI=1S/C20H25N7O/c21-20-24-16(12-18(26-20)27-7-9-28-10-8-27)15-11-17(23-13-3-1-2-4-13)25-19-14(15)5-6-22-19/h5-6,11-13H,1-4,7-10H2,(H2,21,24,26)(H2,22,23,25). The summed E-state index contributed by atoms with van der Waals surface area (Å²) in [7, 11) is 0. The van der Waals surface area contributed by atoms with Crippen molar-refractivity contribution in [1.82, 2.24) is 19.9 Å². The van der Waals surface area contributed by atoms with Gasteiger partial charge in [-0.1, -0.05) is 12.8 Å². The average Bonchev–Trinajstić information content (AvgIpc) is 3.39. The molecule has 2 aliphatic rings. The van der Waals surface area contributed by atoms with Gasteiger partial charge in [-0.05, 0) is 25.0 Å². The summed E-state index contributed by atoms with van der Waals surface area (Å²) < 4.78 is 5.46. The van der Waals surface area contributed by atoms with E-state index < -0.39 is 0 Å². The summed E-state index contributed by atoms with van der Waals surface area (Å²) in [6.07, 6.45) is 6.86. The van der Waals surface area contributed by atoms with E-state index in [4.69, 9.17) is 15.5 Å². The van der Waals surface area contributed by atoms with Gasteiger partial charge in [0.15, 0.2) is 0 Å².